The van der Waals surface area contributed by atoms with Gasteiger partial charge in [-0.2, -0.15) is 0 Å². The van der Waals surface area contributed by atoms with Gasteiger partial charge in [-0.3, -0.25) is 14.4 Å². The molecule has 0 spiro atoms. The number of hydrogen-bond donors (Lipinski definition) is 3. The van der Waals surface area contributed by atoms with Crippen LogP contribution >= 0.6 is 23.4 Å². The molecule has 3 N–H and O–H groups in total. The van der Waals surface area contributed by atoms with Crippen LogP contribution in [0.3, 0.4) is 0 Å². The second-order valence-corrected chi connectivity index (χ2v) is 9.94. The summed E-state index contributed by atoms with van der Waals surface area (Å²) >= 11 is 7.35. The molecule has 0 bridgehead atoms. The molecule has 0 radical (unpaired) electrons. The summed E-state index contributed by atoms with van der Waals surface area (Å²) < 4.78 is 5.27. The van der Waals surface area contributed by atoms with E-state index in [0.717, 1.165) is 10.5 Å². The molecule has 4 aromatic carbocycles. The first-order chi connectivity index (χ1) is 19.4. The van der Waals surface area contributed by atoms with Gasteiger partial charge in [0, 0.05) is 21.2 Å². The number of carbonyl (C=O) groups is 3. The zero-order chi connectivity index (χ0) is 28.3. The highest BCUT2D eigenvalue weighted by Gasteiger charge is 2.16. The van der Waals surface area contributed by atoms with E-state index < -0.39 is 11.8 Å². The molecule has 202 valence electrons. The lowest BCUT2D eigenvalue weighted by Gasteiger charge is -2.12. The van der Waals surface area contributed by atoms with Crippen molar-refractivity contribution in [3.63, 3.8) is 0 Å². The Hall–Kier alpha value is -4.53. The van der Waals surface area contributed by atoms with Crippen molar-refractivity contribution in [2.24, 2.45) is 0 Å². The molecule has 3 amide bonds. The lowest BCUT2D eigenvalue weighted by Crippen LogP contribution is -2.30. The van der Waals surface area contributed by atoms with Crippen LogP contribution in [0.2, 0.25) is 5.02 Å². The summed E-state index contributed by atoms with van der Waals surface area (Å²) in [6.07, 6.45) is 1.61. The maximum absolute atomic E-state index is 13.3. The van der Waals surface area contributed by atoms with Crippen LogP contribution in [0.1, 0.15) is 15.9 Å². The summed E-state index contributed by atoms with van der Waals surface area (Å²) in [5.41, 5.74) is 2.28. The van der Waals surface area contributed by atoms with E-state index in [1.54, 1.807) is 66.7 Å². The lowest BCUT2D eigenvalue weighted by atomic mass is 10.1. The molecule has 0 heterocycles. The molecular weight excluding hydrogens is 546 g/mol. The maximum Gasteiger partial charge on any atom is 0.272 e. The summed E-state index contributed by atoms with van der Waals surface area (Å²) in [7, 11) is 1.51. The van der Waals surface area contributed by atoms with Gasteiger partial charge in [-0.25, -0.2) is 0 Å². The molecule has 0 fully saturated rings. The minimum Gasteiger partial charge on any atom is -0.495 e. The SMILES string of the molecule is COc1ccc(Cl)cc1NC(=O)CSc1cccc(NC(=O)/C(=C/c2ccccc2)NC(=O)c2ccccc2)c1. The van der Waals surface area contributed by atoms with E-state index in [1.165, 1.54) is 18.9 Å². The van der Waals surface area contributed by atoms with Gasteiger partial charge in [0.15, 0.2) is 0 Å². The van der Waals surface area contributed by atoms with E-state index in [1.807, 2.05) is 42.5 Å². The molecule has 9 heteroatoms. The van der Waals surface area contributed by atoms with Crippen LogP contribution in [0, 0.1) is 0 Å². The summed E-state index contributed by atoms with van der Waals surface area (Å²) in [4.78, 5) is 39.4. The molecule has 0 aliphatic rings. The Labute approximate surface area is 241 Å². The predicted octanol–water partition coefficient (Wildman–Crippen LogP) is 6.49. The molecule has 0 aliphatic carbocycles. The van der Waals surface area contributed by atoms with E-state index in [2.05, 4.69) is 16.0 Å². The van der Waals surface area contributed by atoms with Gasteiger partial charge in [-0.1, -0.05) is 66.2 Å². The number of rotatable bonds is 10. The average Bonchev–Trinajstić information content (AvgIpc) is 2.97. The zero-order valence-corrected chi connectivity index (χ0v) is 23.1. The first-order valence-corrected chi connectivity index (χ1v) is 13.6. The van der Waals surface area contributed by atoms with E-state index in [-0.39, 0.29) is 17.4 Å². The number of carbonyl (C=O) groups excluding carboxylic acids is 3. The Kier molecular flexibility index (Phi) is 9.99. The highest BCUT2D eigenvalue weighted by molar-refractivity contribution is 8.00. The average molecular weight is 572 g/mol. The van der Waals surface area contributed by atoms with Crippen LogP contribution in [0.15, 0.2) is 114 Å². The van der Waals surface area contributed by atoms with E-state index >= 15 is 0 Å². The fourth-order valence-electron chi connectivity index (χ4n) is 3.63. The molecule has 7 nitrogen and oxygen atoms in total. The van der Waals surface area contributed by atoms with E-state index in [9.17, 15) is 14.4 Å². The van der Waals surface area contributed by atoms with Gasteiger partial charge in [0.2, 0.25) is 5.91 Å². The number of halogens is 1. The van der Waals surface area contributed by atoms with Crippen LogP contribution in [0.4, 0.5) is 11.4 Å². The fraction of sp³-hybridized carbons (Fsp3) is 0.0645. The second-order valence-electron chi connectivity index (χ2n) is 8.45. The molecular formula is C31H26ClN3O4S. The molecule has 4 aromatic rings. The largest absolute Gasteiger partial charge is 0.495 e. The van der Waals surface area contributed by atoms with E-state index in [4.69, 9.17) is 16.3 Å². The van der Waals surface area contributed by atoms with Crippen molar-refractivity contribution in [1.82, 2.24) is 5.32 Å². The minimum absolute atomic E-state index is 0.0907. The molecule has 4 rings (SSSR count). The minimum atomic E-state index is -0.485. The normalized spacial score (nSPS) is 10.9. The maximum atomic E-state index is 13.3. The lowest BCUT2D eigenvalue weighted by molar-refractivity contribution is -0.114. The smallest absolute Gasteiger partial charge is 0.272 e. The summed E-state index contributed by atoms with van der Waals surface area (Å²) in [6, 6.07) is 30.0. The topological polar surface area (TPSA) is 96.5 Å². The highest BCUT2D eigenvalue weighted by atomic mass is 35.5. The molecule has 0 atom stereocenters. The van der Waals surface area contributed by atoms with Crippen molar-refractivity contribution < 1.29 is 19.1 Å². The van der Waals surface area contributed by atoms with Gasteiger partial charge in [-0.05, 0) is 60.2 Å². The van der Waals surface area contributed by atoms with Crippen LogP contribution in [0.5, 0.6) is 5.75 Å². The monoisotopic (exact) mass is 571 g/mol. The fourth-order valence-corrected chi connectivity index (χ4v) is 4.56. The standard InChI is InChI=1S/C31H26ClN3O4S/c1-39-28-16-15-23(32)18-26(28)34-29(36)20-40-25-14-8-13-24(19-25)33-31(38)27(17-21-9-4-2-5-10-21)35-30(37)22-11-6-3-7-12-22/h2-19H,20H2,1H3,(H,33,38)(H,34,36)(H,35,37)/b27-17-. The van der Waals surface area contributed by atoms with Crippen LogP contribution in [0.25, 0.3) is 6.08 Å². The van der Waals surface area contributed by atoms with Crippen LogP contribution in [-0.2, 0) is 9.59 Å². The third-order valence-electron chi connectivity index (χ3n) is 5.54. The molecule has 0 saturated carbocycles. The summed E-state index contributed by atoms with van der Waals surface area (Å²) in [5, 5.41) is 8.85. The van der Waals surface area contributed by atoms with Gasteiger partial charge in [-0.15, -0.1) is 11.8 Å². The van der Waals surface area contributed by atoms with Gasteiger partial charge in [0.05, 0.1) is 18.6 Å². The highest BCUT2D eigenvalue weighted by Crippen LogP contribution is 2.28. The number of amides is 3. The zero-order valence-electron chi connectivity index (χ0n) is 21.5. The molecule has 0 aromatic heterocycles. The number of thioether (sulfide) groups is 1. The van der Waals surface area contributed by atoms with Gasteiger partial charge in [0.1, 0.15) is 11.4 Å². The Morgan fingerprint density at radius 2 is 1.57 bits per heavy atom. The number of methoxy groups -OCH3 is 1. The Morgan fingerprint density at radius 1 is 0.850 bits per heavy atom. The molecule has 40 heavy (non-hydrogen) atoms. The van der Waals surface area contributed by atoms with Crippen LogP contribution in [-0.4, -0.2) is 30.6 Å². The summed E-state index contributed by atoms with van der Waals surface area (Å²) in [5.74, 6) is -0.493. The number of hydrogen-bond acceptors (Lipinski definition) is 5. The van der Waals surface area contributed by atoms with Crippen molar-refractivity contribution >= 4 is 58.5 Å². The number of anilines is 2. The number of ether oxygens (including phenoxy) is 1. The Balaban J connectivity index is 1.43. The third kappa shape index (κ3) is 8.23. The quantitative estimate of drug-likeness (QED) is 0.149. The molecule has 0 unspecified atom stereocenters. The van der Waals surface area contributed by atoms with Gasteiger partial charge < -0.3 is 20.7 Å². The van der Waals surface area contributed by atoms with Crippen molar-refractivity contribution in [1.29, 1.82) is 0 Å². The van der Waals surface area contributed by atoms with Gasteiger partial charge >= 0.3 is 0 Å². The Morgan fingerprint density at radius 3 is 2.30 bits per heavy atom. The summed E-state index contributed by atoms with van der Waals surface area (Å²) in [6.45, 7) is 0. The second kappa shape index (κ2) is 14.0. The predicted molar refractivity (Wildman–Crippen MR) is 161 cm³/mol. The van der Waals surface area contributed by atoms with Crippen molar-refractivity contribution in [2.75, 3.05) is 23.5 Å². The van der Waals surface area contributed by atoms with Crippen LogP contribution < -0.4 is 20.7 Å². The van der Waals surface area contributed by atoms with Crippen molar-refractivity contribution in [2.45, 2.75) is 4.90 Å². The number of benzene rings is 4. The first kappa shape index (κ1) is 28.5. The number of nitrogens with one attached hydrogen (secondary N) is 3. The van der Waals surface area contributed by atoms with Gasteiger partial charge in [0.25, 0.3) is 11.8 Å². The first-order valence-electron chi connectivity index (χ1n) is 12.2. The van der Waals surface area contributed by atoms with E-state index in [0.29, 0.717) is 27.7 Å². The molecule has 0 saturated heterocycles. The van der Waals surface area contributed by atoms with Crippen molar-refractivity contribution in [3.8, 4) is 5.75 Å². The third-order valence-corrected chi connectivity index (χ3v) is 6.77. The van der Waals surface area contributed by atoms with Crippen molar-refractivity contribution in [3.05, 3.63) is 125 Å². The molecule has 0 aliphatic heterocycles. The Bertz CT molecular complexity index is 1530.